The van der Waals surface area contributed by atoms with Crippen molar-refractivity contribution in [2.24, 2.45) is 0 Å². The van der Waals surface area contributed by atoms with E-state index in [-0.39, 0.29) is 23.5 Å². The summed E-state index contributed by atoms with van der Waals surface area (Å²) in [7, 11) is -2.04. The van der Waals surface area contributed by atoms with Gasteiger partial charge in [-0.25, -0.2) is 13.4 Å². The Morgan fingerprint density at radius 2 is 2.13 bits per heavy atom. The van der Waals surface area contributed by atoms with Crippen molar-refractivity contribution in [3.05, 3.63) is 42.4 Å². The Bertz CT molecular complexity index is 736. The minimum atomic E-state index is -3.62. The van der Waals surface area contributed by atoms with Crippen molar-refractivity contribution in [3.8, 4) is 5.75 Å². The molecule has 1 aliphatic heterocycles. The second-order valence-corrected chi connectivity index (χ2v) is 6.85. The number of hydrogen-bond donors (Lipinski definition) is 2. The molecule has 1 aromatic carbocycles. The van der Waals surface area contributed by atoms with Crippen LogP contribution in [-0.4, -0.2) is 49.4 Å². The molecule has 1 unspecified atom stereocenters. The number of methoxy groups -OCH3 is 1. The normalized spacial score (nSPS) is 19.1. The zero-order valence-corrected chi connectivity index (χ0v) is 14.2. The number of para-hydroxylation sites is 1. The Labute approximate surface area is 141 Å². The summed E-state index contributed by atoms with van der Waals surface area (Å²) < 4.78 is 32.5. The van der Waals surface area contributed by atoms with Crippen molar-refractivity contribution in [3.63, 3.8) is 0 Å². The lowest BCUT2D eigenvalue weighted by molar-refractivity contribution is 0.264. The molecule has 9 heteroatoms. The minimum absolute atomic E-state index is 0. The molecule has 0 saturated carbocycles. The Balaban J connectivity index is 0.00000192. The van der Waals surface area contributed by atoms with Gasteiger partial charge in [0.2, 0.25) is 0 Å². The summed E-state index contributed by atoms with van der Waals surface area (Å²) >= 11 is 0. The number of nitrogens with zero attached hydrogens (tertiary/aromatic N) is 2. The topological polar surface area (TPSA) is 87.3 Å². The van der Waals surface area contributed by atoms with Gasteiger partial charge in [-0.15, -0.1) is 12.4 Å². The van der Waals surface area contributed by atoms with Crippen molar-refractivity contribution in [1.29, 1.82) is 0 Å². The number of hydrogen-bond acceptors (Lipinski definition) is 5. The number of H-pyrrole nitrogens is 1. The number of nitrogens with one attached hydrogen (secondary N) is 2. The van der Waals surface area contributed by atoms with Crippen LogP contribution in [0, 0.1) is 0 Å². The van der Waals surface area contributed by atoms with Crippen molar-refractivity contribution in [2.75, 3.05) is 26.7 Å². The van der Waals surface area contributed by atoms with Crippen LogP contribution >= 0.6 is 12.4 Å². The zero-order valence-electron chi connectivity index (χ0n) is 12.6. The van der Waals surface area contributed by atoms with Crippen LogP contribution in [0.1, 0.15) is 11.6 Å². The van der Waals surface area contributed by atoms with Crippen LogP contribution in [0.5, 0.6) is 5.75 Å². The summed E-state index contributed by atoms with van der Waals surface area (Å²) in [6.07, 6.45) is 2.70. The van der Waals surface area contributed by atoms with Crippen molar-refractivity contribution < 1.29 is 13.2 Å². The van der Waals surface area contributed by atoms with E-state index in [0.717, 1.165) is 5.56 Å². The van der Waals surface area contributed by atoms with Crippen LogP contribution in [0.15, 0.2) is 41.8 Å². The van der Waals surface area contributed by atoms with Crippen molar-refractivity contribution >= 4 is 22.4 Å². The van der Waals surface area contributed by atoms with E-state index in [0.29, 0.717) is 25.4 Å². The summed E-state index contributed by atoms with van der Waals surface area (Å²) in [5.74, 6) is 0.681. The molecule has 126 valence electrons. The first kappa shape index (κ1) is 17.7. The summed E-state index contributed by atoms with van der Waals surface area (Å²) in [5, 5.41) is 3.35. The molecule has 1 saturated heterocycles. The first-order valence-electron chi connectivity index (χ1n) is 6.98. The van der Waals surface area contributed by atoms with E-state index in [2.05, 4.69) is 15.3 Å². The average molecular weight is 359 g/mol. The summed E-state index contributed by atoms with van der Waals surface area (Å²) in [5.41, 5.74) is 0.847. The third-order valence-corrected chi connectivity index (χ3v) is 5.59. The van der Waals surface area contributed by atoms with Gasteiger partial charge in [-0.05, 0) is 6.07 Å². The number of aromatic amines is 1. The number of imidazole rings is 1. The molecule has 3 rings (SSSR count). The molecular weight excluding hydrogens is 340 g/mol. The number of ether oxygens (including phenoxy) is 1. The fourth-order valence-corrected chi connectivity index (χ4v) is 4.19. The second-order valence-electron chi connectivity index (χ2n) is 4.99. The smallest absolute Gasteiger partial charge is 0.260 e. The molecule has 1 atom stereocenters. The van der Waals surface area contributed by atoms with Crippen LogP contribution in [0.2, 0.25) is 0 Å². The number of sulfonamides is 1. The number of aromatic nitrogens is 2. The third-order valence-electron chi connectivity index (χ3n) is 3.75. The monoisotopic (exact) mass is 358 g/mol. The standard InChI is InChI=1S/C14H18N4O3S.ClH/c1-21-13-5-3-2-4-11(13)12-8-15-6-7-18(12)22(19,20)14-9-16-10-17-14;/h2-5,9-10,12,15H,6-8H2,1H3,(H,16,17);1H. The summed E-state index contributed by atoms with van der Waals surface area (Å²) in [6, 6.07) is 7.16. The van der Waals surface area contributed by atoms with E-state index < -0.39 is 10.0 Å². The van der Waals surface area contributed by atoms with Gasteiger partial charge in [0.1, 0.15) is 5.75 Å². The highest BCUT2D eigenvalue weighted by Gasteiger charge is 2.36. The maximum atomic E-state index is 12.8. The Hall–Kier alpha value is -1.61. The number of halogens is 1. The minimum Gasteiger partial charge on any atom is -0.496 e. The Morgan fingerprint density at radius 1 is 1.35 bits per heavy atom. The zero-order chi connectivity index (χ0) is 15.6. The fraction of sp³-hybridized carbons (Fsp3) is 0.357. The van der Waals surface area contributed by atoms with E-state index in [1.165, 1.54) is 16.8 Å². The fourth-order valence-electron chi connectivity index (χ4n) is 2.69. The van der Waals surface area contributed by atoms with Crippen LogP contribution in [0.4, 0.5) is 0 Å². The molecule has 7 nitrogen and oxygen atoms in total. The lowest BCUT2D eigenvalue weighted by atomic mass is 10.0. The predicted octanol–water partition coefficient (Wildman–Crippen LogP) is 1.18. The van der Waals surface area contributed by atoms with Gasteiger partial charge in [-0.3, -0.25) is 0 Å². The van der Waals surface area contributed by atoms with E-state index >= 15 is 0 Å². The van der Waals surface area contributed by atoms with Crippen LogP contribution < -0.4 is 10.1 Å². The maximum Gasteiger partial charge on any atom is 0.260 e. The van der Waals surface area contributed by atoms with E-state index in [1.54, 1.807) is 7.11 Å². The molecule has 2 N–H and O–H groups in total. The first-order valence-corrected chi connectivity index (χ1v) is 8.42. The van der Waals surface area contributed by atoms with Crippen LogP contribution in [-0.2, 0) is 10.0 Å². The molecule has 0 radical (unpaired) electrons. The summed E-state index contributed by atoms with van der Waals surface area (Å²) in [6.45, 7) is 1.54. The largest absolute Gasteiger partial charge is 0.496 e. The van der Waals surface area contributed by atoms with Gasteiger partial charge >= 0.3 is 0 Å². The maximum absolute atomic E-state index is 12.8. The molecule has 0 spiro atoms. The number of benzene rings is 1. The van der Waals surface area contributed by atoms with Gasteiger partial charge in [0.25, 0.3) is 10.0 Å². The van der Waals surface area contributed by atoms with Crippen LogP contribution in [0.25, 0.3) is 0 Å². The summed E-state index contributed by atoms with van der Waals surface area (Å²) in [4.78, 5) is 6.50. The molecule has 0 amide bonds. The highest BCUT2D eigenvalue weighted by molar-refractivity contribution is 7.89. The number of rotatable bonds is 4. The molecule has 1 aromatic heterocycles. The van der Waals surface area contributed by atoms with E-state index in [9.17, 15) is 8.42 Å². The highest BCUT2D eigenvalue weighted by atomic mass is 35.5. The average Bonchev–Trinajstić information content (AvgIpc) is 3.10. The Kier molecular flexibility index (Phi) is 5.64. The van der Waals surface area contributed by atoms with Gasteiger partial charge in [0.15, 0.2) is 5.03 Å². The molecule has 1 fully saturated rings. The lowest BCUT2D eigenvalue weighted by Gasteiger charge is -2.35. The first-order chi connectivity index (χ1) is 10.6. The molecule has 23 heavy (non-hydrogen) atoms. The molecule has 2 heterocycles. The Morgan fingerprint density at radius 3 is 2.83 bits per heavy atom. The third kappa shape index (κ3) is 3.35. The van der Waals surface area contributed by atoms with Gasteiger partial charge in [0, 0.05) is 25.2 Å². The molecule has 1 aliphatic rings. The van der Waals surface area contributed by atoms with Crippen molar-refractivity contribution in [2.45, 2.75) is 11.1 Å². The predicted molar refractivity (Wildman–Crippen MR) is 88.3 cm³/mol. The second kappa shape index (κ2) is 7.31. The van der Waals surface area contributed by atoms with E-state index in [4.69, 9.17) is 4.74 Å². The van der Waals surface area contributed by atoms with Gasteiger partial charge < -0.3 is 15.0 Å². The number of piperazine rings is 1. The van der Waals surface area contributed by atoms with Crippen LogP contribution in [0.3, 0.4) is 0 Å². The molecular formula is C14H19ClN4O3S. The molecule has 2 aromatic rings. The quantitative estimate of drug-likeness (QED) is 0.856. The highest BCUT2D eigenvalue weighted by Crippen LogP contribution is 2.33. The molecule has 0 bridgehead atoms. The van der Waals surface area contributed by atoms with Gasteiger partial charge in [-0.1, -0.05) is 18.2 Å². The van der Waals surface area contributed by atoms with Gasteiger partial charge in [0.05, 0.1) is 25.7 Å². The molecule has 0 aliphatic carbocycles. The van der Waals surface area contributed by atoms with Crippen molar-refractivity contribution in [1.82, 2.24) is 19.6 Å². The lowest BCUT2D eigenvalue weighted by Crippen LogP contribution is -2.48. The van der Waals surface area contributed by atoms with Gasteiger partial charge in [-0.2, -0.15) is 4.31 Å². The van der Waals surface area contributed by atoms with E-state index in [1.807, 2.05) is 24.3 Å². The SMILES string of the molecule is COc1ccccc1C1CNCCN1S(=O)(=O)c1cnc[nH]1.Cl.